The number of ether oxygens (including phenoxy) is 1. The molecule has 0 radical (unpaired) electrons. The van der Waals surface area contributed by atoms with Gasteiger partial charge in [0.25, 0.3) is 11.8 Å². The fourth-order valence-corrected chi connectivity index (χ4v) is 3.66. The van der Waals surface area contributed by atoms with Crippen LogP contribution in [0.15, 0.2) is 52.8 Å². The molecule has 0 saturated carbocycles. The molecule has 2 aromatic rings. The number of fused-ring (bicyclic) bond motifs is 1. The molecule has 2 heterocycles. The van der Waals surface area contributed by atoms with E-state index in [-0.39, 0.29) is 6.54 Å². The Labute approximate surface area is 177 Å². The first-order chi connectivity index (χ1) is 14.4. The van der Waals surface area contributed by atoms with Gasteiger partial charge in [-0.15, -0.1) is 0 Å². The molecule has 2 aliphatic heterocycles. The van der Waals surface area contributed by atoms with Crippen LogP contribution in [0.25, 0.3) is 0 Å². The van der Waals surface area contributed by atoms with E-state index in [0.29, 0.717) is 22.1 Å². The lowest BCUT2D eigenvalue weighted by atomic mass is 10.1. The Morgan fingerprint density at radius 1 is 1.20 bits per heavy atom. The summed E-state index contributed by atoms with van der Waals surface area (Å²) in [5.74, 6) is -0.911. The molecule has 4 rings (SSSR count). The van der Waals surface area contributed by atoms with E-state index in [9.17, 15) is 14.4 Å². The van der Waals surface area contributed by atoms with Gasteiger partial charge >= 0.3 is 0 Å². The van der Waals surface area contributed by atoms with Crippen molar-refractivity contribution in [1.82, 2.24) is 5.01 Å². The van der Waals surface area contributed by atoms with Crippen LogP contribution in [0.1, 0.15) is 5.56 Å². The number of methoxy groups -OCH3 is 1. The predicted molar refractivity (Wildman–Crippen MR) is 109 cm³/mol. The van der Waals surface area contributed by atoms with Crippen molar-refractivity contribution in [3.05, 3.63) is 53.1 Å². The lowest BCUT2D eigenvalue weighted by molar-refractivity contribution is -0.123. The molecule has 1 fully saturated rings. The van der Waals surface area contributed by atoms with Crippen LogP contribution in [0.5, 0.6) is 5.75 Å². The standard InChI is InChI=1S/C20H18ClN5O4/c1-11-6-7-15(30-2)14(8-11)22-16(27)10-25-18-17(23-24-25)19(28)26(20(18)29)13-5-3-4-12(21)9-13/h3-9,17-18H,10H2,1-2H3,(H,22,27)/t17-,18-/m0/s1. The zero-order valence-corrected chi connectivity index (χ0v) is 17.0. The van der Waals surface area contributed by atoms with Crippen molar-refractivity contribution in [1.29, 1.82) is 0 Å². The van der Waals surface area contributed by atoms with E-state index in [4.69, 9.17) is 16.3 Å². The summed E-state index contributed by atoms with van der Waals surface area (Å²) in [5, 5.41) is 12.2. The number of amides is 3. The van der Waals surface area contributed by atoms with Crippen molar-refractivity contribution in [3.8, 4) is 5.75 Å². The Balaban J connectivity index is 1.50. The monoisotopic (exact) mass is 427 g/mol. The van der Waals surface area contributed by atoms with Gasteiger partial charge in [0.2, 0.25) is 5.91 Å². The quantitative estimate of drug-likeness (QED) is 0.738. The van der Waals surface area contributed by atoms with Crippen molar-refractivity contribution < 1.29 is 19.1 Å². The minimum Gasteiger partial charge on any atom is -0.495 e. The number of nitrogens with zero attached hydrogens (tertiary/aromatic N) is 4. The molecule has 154 valence electrons. The number of benzene rings is 2. The van der Waals surface area contributed by atoms with E-state index in [1.165, 1.54) is 18.2 Å². The van der Waals surface area contributed by atoms with Gasteiger partial charge in [0, 0.05) is 5.02 Å². The van der Waals surface area contributed by atoms with Crippen molar-refractivity contribution >= 4 is 40.7 Å². The molecule has 0 aromatic heterocycles. The third-order valence-corrected chi connectivity index (χ3v) is 5.09. The van der Waals surface area contributed by atoms with Gasteiger partial charge in [-0.1, -0.05) is 29.0 Å². The van der Waals surface area contributed by atoms with Gasteiger partial charge in [0.05, 0.1) is 18.5 Å². The third kappa shape index (κ3) is 3.48. The number of anilines is 2. The van der Waals surface area contributed by atoms with Crippen LogP contribution in [0.2, 0.25) is 5.02 Å². The highest BCUT2D eigenvalue weighted by Crippen LogP contribution is 2.33. The summed E-state index contributed by atoms with van der Waals surface area (Å²) in [4.78, 5) is 39.3. The second-order valence-electron chi connectivity index (χ2n) is 6.94. The molecule has 0 spiro atoms. The average Bonchev–Trinajstić information content (AvgIpc) is 3.21. The number of carbonyl (C=O) groups excluding carboxylic acids is 3. The lowest BCUT2D eigenvalue weighted by Gasteiger charge is -2.20. The molecule has 2 atom stereocenters. The number of carbonyl (C=O) groups is 3. The van der Waals surface area contributed by atoms with Gasteiger partial charge in [-0.05, 0) is 42.8 Å². The van der Waals surface area contributed by atoms with Crippen LogP contribution >= 0.6 is 11.6 Å². The highest BCUT2D eigenvalue weighted by Gasteiger charge is 2.55. The fraction of sp³-hybridized carbons (Fsp3) is 0.250. The molecular formula is C20H18ClN5O4. The van der Waals surface area contributed by atoms with Gasteiger partial charge < -0.3 is 10.1 Å². The topological polar surface area (TPSA) is 104 Å². The van der Waals surface area contributed by atoms with Gasteiger partial charge in [-0.3, -0.25) is 19.4 Å². The first-order valence-electron chi connectivity index (χ1n) is 9.14. The second-order valence-corrected chi connectivity index (χ2v) is 7.37. The highest BCUT2D eigenvalue weighted by atomic mass is 35.5. The maximum atomic E-state index is 13.0. The summed E-state index contributed by atoms with van der Waals surface area (Å²) in [7, 11) is 1.51. The van der Waals surface area contributed by atoms with E-state index in [1.807, 2.05) is 13.0 Å². The predicted octanol–water partition coefficient (Wildman–Crippen LogP) is 2.59. The minimum absolute atomic E-state index is 0.246. The van der Waals surface area contributed by atoms with E-state index in [1.54, 1.807) is 30.3 Å². The summed E-state index contributed by atoms with van der Waals surface area (Å²) < 4.78 is 5.26. The lowest BCUT2D eigenvalue weighted by Crippen LogP contribution is -2.43. The first kappa shape index (κ1) is 19.8. The molecular weight excluding hydrogens is 410 g/mol. The molecule has 0 bridgehead atoms. The van der Waals surface area contributed by atoms with Gasteiger partial charge in [-0.2, -0.15) is 5.11 Å². The zero-order chi connectivity index (χ0) is 21.4. The Kier molecular flexibility index (Phi) is 5.13. The van der Waals surface area contributed by atoms with Crippen molar-refractivity contribution in [3.63, 3.8) is 0 Å². The molecule has 2 aliphatic rings. The molecule has 1 N–H and O–H groups in total. The third-order valence-electron chi connectivity index (χ3n) is 4.86. The zero-order valence-electron chi connectivity index (χ0n) is 16.2. The summed E-state index contributed by atoms with van der Waals surface area (Å²) in [6, 6.07) is 9.86. The summed E-state index contributed by atoms with van der Waals surface area (Å²) in [6.45, 7) is 1.64. The maximum Gasteiger partial charge on any atom is 0.263 e. The smallest absolute Gasteiger partial charge is 0.263 e. The van der Waals surface area contributed by atoms with Crippen LogP contribution in [-0.4, -0.2) is 48.5 Å². The Bertz CT molecular complexity index is 1070. The maximum absolute atomic E-state index is 13.0. The van der Waals surface area contributed by atoms with Crippen LogP contribution in [-0.2, 0) is 14.4 Å². The molecule has 0 aliphatic carbocycles. The summed E-state index contributed by atoms with van der Waals surface area (Å²) >= 11 is 5.98. The molecule has 1 saturated heterocycles. The van der Waals surface area contributed by atoms with E-state index >= 15 is 0 Å². The number of rotatable bonds is 5. The Morgan fingerprint density at radius 3 is 2.73 bits per heavy atom. The summed E-state index contributed by atoms with van der Waals surface area (Å²) in [6.07, 6.45) is 0. The molecule has 9 nitrogen and oxygen atoms in total. The number of hydrogen-bond acceptors (Lipinski definition) is 7. The molecule has 10 heteroatoms. The minimum atomic E-state index is -0.988. The van der Waals surface area contributed by atoms with E-state index in [2.05, 4.69) is 15.7 Å². The summed E-state index contributed by atoms with van der Waals surface area (Å²) in [5.41, 5.74) is 1.81. The van der Waals surface area contributed by atoms with E-state index < -0.39 is 29.8 Å². The van der Waals surface area contributed by atoms with Crippen LogP contribution < -0.4 is 15.0 Å². The molecule has 0 unspecified atom stereocenters. The number of halogens is 1. The fourth-order valence-electron chi connectivity index (χ4n) is 3.48. The van der Waals surface area contributed by atoms with Crippen LogP contribution in [0.3, 0.4) is 0 Å². The number of imide groups is 1. The first-order valence-corrected chi connectivity index (χ1v) is 9.52. The number of hydrogen-bond donors (Lipinski definition) is 1. The van der Waals surface area contributed by atoms with Crippen LogP contribution in [0.4, 0.5) is 11.4 Å². The molecule has 3 amide bonds. The van der Waals surface area contributed by atoms with Gasteiger partial charge in [0.15, 0.2) is 12.1 Å². The van der Waals surface area contributed by atoms with Gasteiger partial charge in [0.1, 0.15) is 12.3 Å². The average molecular weight is 428 g/mol. The largest absolute Gasteiger partial charge is 0.495 e. The normalized spacial score (nSPS) is 20.0. The van der Waals surface area contributed by atoms with Crippen molar-refractivity contribution in [2.45, 2.75) is 19.0 Å². The van der Waals surface area contributed by atoms with Crippen molar-refractivity contribution in [2.75, 3.05) is 23.9 Å². The van der Waals surface area contributed by atoms with Gasteiger partial charge in [-0.25, -0.2) is 4.90 Å². The Hall–Kier alpha value is -3.46. The number of nitrogens with one attached hydrogen (secondary N) is 1. The van der Waals surface area contributed by atoms with E-state index in [0.717, 1.165) is 10.5 Å². The Morgan fingerprint density at radius 2 is 2.00 bits per heavy atom. The molecule has 30 heavy (non-hydrogen) atoms. The second kappa shape index (κ2) is 7.75. The van der Waals surface area contributed by atoms with Crippen LogP contribution in [0, 0.1) is 6.92 Å². The molecule has 2 aromatic carbocycles. The van der Waals surface area contributed by atoms with Crippen molar-refractivity contribution in [2.24, 2.45) is 10.3 Å². The SMILES string of the molecule is COc1ccc(C)cc1NC(=O)CN1N=N[C@@H]2C(=O)N(c3cccc(Cl)c3)C(=O)[C@H]21. The number of aryl methyl sites for hydroxylation is 1. The highest BCUT2D eigenvalue weighted by molar-refractivity contribution is 6.31.